The topological polar surface area (TPSA) is 52.6 Å². The van der Waals surface area contributed by atoms with Crippen LogP contribution >= 0.6 is 47.8 Å². The monoisotopic (exact) mass is 655 g/mol. The van der Waals surface area contributed by atoms with Crippen LogP contribution in [0.1, 0.15) is 24.2 Å². The average Bonchev–Trinajstić information content (AvgIpc) is 2.79. The summed E-state index contributed by atoms with van der Waals surface area (Å²) in [6.07, 6.45) is 0. The number of carbonyl (C=O) groups excluding carboxylic acids is 2. The maximum Gasteiger partial charge on any atom is 0.338 e. The fourth-order valence-electron chi connectivity index (χ4n) is 2.80. The van der Waals surface area contributed by atoms with Gasteiger partial charge in [-0.25, -0.2) is 4.79 Å². The minimum absolute atomic E-state index is 0.00241. The molecule has 0 N–H and O–H groups in total. The fraction of sp³-hybridized carbons (Fsp3) is 0.200. The molecule has 0 unspecified atom stereocenters. The fourth-order valence-corrected chi connectivity index (χ4v) is 5.48. The molecule has 0 saturated carbocycles. The van der Waals surface area contributed by atoms with Crippen LogP contribution in [0.3, 0.4) is 0 Å². The molecule has 0 bridgehead atoms. The summed E-state index contributed by atoms with van der Waals surface area (Å²) in [6, 6.07) is 24.0. The van der Waals surface area contributed by atoms with Gasteiger partial charge in [0.15, 0.2) is 14.7 Å². The van der Waals surface area contributed by atoms with Crippen molar-refractivity contribution in [3.8, 4) is 0 Å². The minimum atomic E-state index is -0.770. The standard InChI is InChI=1S/C25H22Br3O4S/c1-25(2,28)24(30)32-16-15-31-23(29)17-3-9-20(10-4-17)33(21-11-5-18(26)6-12-21)22-13-7-19(27)8-14-22/h3-14H,15-16H2,1-2H3/q+1. The van der Waals surface area contributed by atoms with Crippen LogP contribution in [0.2, 0.25) is 0 Å². The highest BCUT2D eigenvalue weighted by atomic mass is 79.9. The maximum atomic E-state index is 12.4. The van der Waals surface area contributed by atoms with Crippen LogP contribution < -0.4 is 0 Å². The molecule has 0 amide bonds. The van der Waals surface area contributed by atoms with Crippen molar-refractivity contribution in [2.24, 2.45) is 0 Å². The van der Waals surface area contributed by atoms with Crippen LogP contribution in [-0.4, -0.2) is 29.5 Å². The van der Waals surface area contributed by atoms with E-state index < -0.39 is 16.3 Å². The Morgan fingerprint density at radius 3 is 1.55 bits per heavy atom. The van der Waals surface area contributed by atoms with E-state index in [0.717, 1.165) is 13.8 Å². The molecule has 172 valence electrons. The van der Waals surface area contributed by atoms with E-state index in [2.05, 4.69) is 72.1 Å². The predicted molar refractivity (Wildman–Crippen MR) is 141 cm³/mol. The third-order valence-corrected chi connectivity index (χ3v) is 8.07. The van der Waals surface area contributed by atoms with Crippen molar-refractivity contribution in [2.75, 3.05) is 13.2 Å². The average molecular weight is 658 g/mol. The summed E-state index contributed by atoms with van der Waals surface area (Å²) in [4.78, 5) is 27.6. The van der Waals surface area contributed by atoms with Gasteiger partial charge in [-0.1, -0.05) is 47.8 Å². The molecule has 8 heteroatoms. The molecule has 0 aliphatic heterocycles. The molecule has 3 aromatic carbocycles. The van der Waals surface area contributed by atoms with Crippen LogP contribution in [0.15, 0.2) is 96.4 Å². The van der Waals surface area contributed by atoms with Crippen molar-refractivity contribution in [1.29, 1.82) is 0 Å². The molecule has 0 saturated heterocycles. The molecule has 0 spiro atoms. The summed E-state index contributed by atoms with van der Waals surface area (Å²) >= 11 is 10.2. The number of hydrogen-bond donors (Lipinski definition) is 0. The van der Waals surface area contributed by atoms with Gasteiger partial charge in [-0.15, -0.1) is 0 Å². The van der Waals surface area contributed by atoms with Crippen molar-refractivity contribution < 1.29 is 19.1 Å². The van der Waals surface area contributed by atoms with E-state index in [0.29, 0.717) is 5.56 Å². The highest BCUT2D eigenvalue weighted by Gasteiger charge is 2.29. The summed E-state index contributed by atoms with van der Waals surface area (Å²) in [5.74, 6) is -0.862. The number of rotatable bonds is 8. The lowest BCUT2D eigenvalue weighted by Gasteiger charge is -2.14. The Kier molecular flexibility index (Phi) is 9.21. The second-order valence-corrected chi connectivity index (χ2v) is 13.3. The van der Waals surface area contributed by atoms with Crippen LogP contribution in [-0.2, 0) is 25.2 Å². The molecule has 0 aliphatic carbocycles. The number of hydrogen-bond acceptors (Lipinski definition) is 4. The lowest BCUT2D eigenvalue weighted by atomic mass is 10.2. The number of alkyl halides is 1. The summed E-state index contributed by atoms with van der Waals surface area (Å²) < 4.78 is 11.6. The SMILES string of the molecule is CC(C)(Br)C(=O)OCCOC(=O)c1ccc([S+](c2ccc(Br)cc2)c2ccc(Br)cc2)cc1. The molecular formula is C25H22Br3O4S+. The van der Waals surface area contributed by atoms with Gasteiger partial charge in [0, 0.05) is 8.95 Å². The molecule has 33 heavy (non-hydrogen) atoms. The van der Waals surface area contributed by atoms with Crippen molar-refractivity contribution in [3.63, 3.8) is 0 Å². The van der Waals surface area contributed by atoms with Crippen molar-refractivity contribution in [3.05, 3.63) is 87.3 Å². The third kappa shape index (κ3) is 7.44. The van der Waals surface area contributed by atoms with Gasteiger partial charge in [0.25, 0.3) is 0 Å². The quantitative estimate of drug-likeness (QED) is 0.112. The zero-order valence-corrected chi connectivity index (χ0v) is 23.6. The molecule has 0 heterocycles. The van der Waals surface area contributed by atoms with Gasteiger partial charge in [-0.2, -0.15) is 0 Å². The van der Waals surface area contributed by atoms with E-state index in [1.165, 1.54) is 9.79 Å². The zero-order valence-electron chi connectivity index (χ0n) is 18.0. The lowest BCUT2D eigenvalue weighted by molar-refractivity contribution is -0.146. The van der Waals surface area contributed by atoms with Gasteiger partial charge in [-0.3, -0.25) is 4.79 Å². The van der Waals surface area contributed by atoms with Crippen LogP contribution in [0, 0.1) is 0 Å². The molecule has 0 atom stereocenters. The Morgan fingerprint density at radius 1 is 0.727 bits per heavy atom. The first-order chi connectivity index (χ1) is 15.6. The molecule has 4 nitrogen and oxygen atoms in total. The molecule has 3 rings (SSSR count). The molecule has 0 radical (unpaired) electrons. The van der Waals surface area contributed by atoms with Gasteiger partial charge >= 0.3 is 11.9 Å². The summed E-state index contributed by atoms with van der Waals surface area (Å²) in [6.45, 7) is 3.39. The highest BCUT2D eigenvalue weighted by molar-refractivity contribution is 9.11. The molecule has 0 aliphatic rings. The first-order valence-corrected chi connectivity index (χ1v) is 13.6. The van der Waals surface area contributed by atoms with E-state index in [1.54, 1.807) is 26.0 Å². The second kappa shape index (κ2) is 11.7. The molecule has 0 aromatic heterocycles. The number of carbonyl (C=O) groups is 2. The number of esters is 2. The Labute approximate surface area is 221 Å². The van der Waals surface area contributed by atoms with E-state index in [-0.39, 0.29) is 24.1 Å². The molecule has 3 aromatic rings. The Morgan fingerprint density at radius 2 is 1.12 bits per heavy atom. The summed E-state index contributed by atoms with van der Waals surface area (Å²) in [5, 5.41) is 0. The van der Waals surface area contributed by atoms with E-state index >= 15 is 0 Å². The number of benzene rings is 3. The minimum Gasteiger partial charge on any atom is -0.461 e. The third-order valence-electron chi connectivity index (χ3n) is 4.46. The van der Waals surface area contributed by atoms with Crippen molar-refractivity contribution in [1.82, 2.24) is 0 Å². The largest absolute Gasteiger partial charge is 0.461 e. The van der Waals surface area contributed by atoms with Gasteiger partial charge in [-0.05, 0) is 86.6 Å². The Bertz CT molecular complexity index is 1050. The zero-order chi connectivity index (χ0) is 24.0. The number of halogens is 3. The second-order valence-electron chi connectivity index (χ2n) is 7.48. The van der Waals surface area contributed by atoms with E-state index in [9.17, 15) is 9.59 Å². The Balaban J connectivity index is 1.72. The van der Waals surface area contributed by atoms with Crippen molar-refractivity contribution in [2.45, 2.75) is 32.9 Å². The first kappa shape index (κ1) is 26.0. The predicted octanol–water partition coefficient (Wildman–Crippen LogP) is 7.18. The highest BCUT2D eigenvalue weighted by Crippen LogP contribution is 2.32. The van der Waals surface area contributed by atoms with Crippen molar-refractivity contribution >= 4 is 70.6 Å². The Hall–Kier alpha value is -1.61. The van der Waals surface area contributed by atoms with Gasteiger partial charge in [0.05, 0.1) is 16.5 Å². The van der Waals surface area contributed by atoms with Gasteiger partial charge < -0.3 is 9.47 Å². The van der Waals surface area contributed by atoms with Gasteiger partial charge in [0.1, 0.15) is 17.5 Å². The van der Waals surface area contributed by atoms with Crippen LogP contribution in [0.4, 0.5) is 0 Å². The first-order valence-electron chi connectivity index (χ1n) is 10.0. The van der Waals surface area contributed by atoms with Crippen LogP contribution in [0.5, 0.6) is 0 Å². The molecule has 0 fully saturated rings. The van der Waals surface area contributed by atoms with E-state index in [4.69, 9.17) is 9.47 Å². The maximum absolute atomic E-state index is 12.4. The molecular weight excluding hydrogens is 636 g/mol. The van der Waals surface area contributed by atoms with Gasteiger partial charge in [0.2, 0.25) is 0 Å². The van der Waals surface area contributed by atoms with Crippen LogP contribution in [0.25, 0.3) is 0 Å². The summed E-state index contributed by atoms with van der Waals surface area (Å²) in [5.41, 5.74) is 0.445. The normalized spacial score (nSPS) is 11.3. The lowest BCUT2D eigenvalue weighted by Crippen LogP contribution is -2.28. The van der Waals surface area contributed by atoms with E-state index in [1.807, 2.05) is 36.4 Å². The summed E-state index contributed by atoms with van der Waals surface area (Å²) in [7, 11) is -0.329. The number of ether oxygens (including phenoxy) is 2. The smallest absolute Gasteiger partial charge is 0.338 e.